The van der Waals surface area contributed by atoms with Gasteiger partial charge in [0.15, 0.2) is 0 Å². The van der Waals surface area contributed by atoms with Crippen molar-refractivity contribution in [2.75, 3.05) is 0 Å². The van der Waals surface area contributed by atoms with Crippen LogP contribution in [0.4, 0.5) is 0 Å². The highest BCUT2D eigenvalue weighted by molar-refractivity contribution is 4.84. The third kappa shape index (κ3) is 3.25. The number of hydrazine groups is 1. The molecule has 1 saturated carbocycles. The lowest BCUT2D eigenvalue weighted by molar-refractivity contribution is 0.157. The first-order chi connectivity index (χ1) is 6.59. The molecule has 2 nitrogen and oxygen atoms in total. The SMILES string of the molecule is CCCC(NN)C1CCC(C)(C)CC1. The minimum Gasteiger partial charge on any atom is -0.271 e. The van der Waals surface area contributed by atoms with E-state index in [4.69, 9.17) is 5.84 Å². The molecule has 0 aromatic rings. The Bertz CT molecular complexity index is 156. The molecule has 1 atom stereocenters. The summed E-state index contributed by atoms with van der Waals surface area (Å²) in [5.74, 6) is 6.42. The molecule has 0 bridgehead atoms. The van der Waals surface area contributed by atoms with Gasteiger partial charge < -0.3 is 0 Å². The fraction of sp³-hybridized carbons (Fsp3) is 1.00. The number of hydrogen-bond donors (Lipinski definition) is 2. The van der Waals surface area contributed by atoms with E-state index in [9.17, 15) is 0 Å². The summed E-state index contributed by atoms with van der Waals surface area (Å²) in [5, 5.41) is 0. The van der Waals surface area contributed by atoms with Crippen molar-refractivity contribution < 1.29 is 0 Å². The van der Waals surface area contributed by atoms with Crippen molar-refractivity contribution in [3.8, 4) is 0 Å². The van der Waals surface area contributed by atoms with Gasteiger partial charge in [0.1, 0.15) is 0 Å². The molecule has 0 spiro atoms. The van der Waals surface area contributed by atoms with E-state index in [0.717, 1.165) is 5.92 Å². The van der Waals surface area contributed by atoms with Crippen molar-refractivity contribution in [3.05, 3.63) is 0 Å². The first-order valence-electron chi connectivity index (χ1n) is 6.05. The predicted octanol–water partition coefficient (Wildman–Crippen LogP) is 2.83. The zero-order valence-corrected chi connectivity index (χ0v) is 9.97. The molecule has 2 heteroatoms. The summed E-state index contributed by atoms with van der Waals surface area (Å²) in [6, 6.07) is 0.552. The number of nitrogens with two attached hydrogens (primary N) is 1. The molecule has 0 aromatic carbocycles. The molecule has 1 aliphatic carbocycles. The van der Waals surface area contributed by atoms with E-state index in [0.29, 0.717) is 11.5 Å². The minimum atomic E-state index is 0.552. The van der Waals surface area contributed by atoms with Crippen LogP contribution in [0.1, 0.15) is 59.3 Å². The van der Waals surface area contributed by atoms with E-state index in [1.165, 1.54) is 38.5 Å². The summed E-state index contributed by atoms with van der Waals surface area (Å²) in [5.41, 5.74) is 3.57. The molecule has 0 amide bonds. The fourth-order valence-electron chi connectivity index (χ4n) is 2.59. The second kappa shape index (κ2) is 5.13. The van der Waals surface area contributed by atoms with Gasteiger partial charge in [-0.3, -0.25) is 11.3 Å². The van der Waals surface area contributed by atoms with Crippen molar-refractivity contribution in [3.63, 3.8) is 0 Å². The Morgan fingerprint density at radius 3 is 2.36 bits per heavy atom. The van der Waals surface area contributed by atoms with Gasteiger partial charge in [0.25, 0.3) is 0 Å². The van der Waals surface area contributed by atoms with Crippen LogP contribution >= 0.6 is 0 Å². The Hall–Kier alpha value is -0.0800. The van der Waals surface area contributed by atoms with Crippen LogP contribution in [0.2, 0.25) is 0 Å². The number of rotatable bonds is 4. The molecule has 1 rings (SSSR count). The van der Waals surface area contributed by atoms with Crippen LogP contribution in [0.25, 0.3) is 0 Å². The van der Waals surface area contributed by atoms with Gasteiger partial charge in [-0.25, -0.2) is 0 Å². The van der Waals surface area contributed by atoms with E-state index < -0.39 is 0 Å². The molecule has 1 unspecified atom stereocenters. The molecule has 0 heterocycles. The third-order valence-electron chi connectivity index (χ3n) is 3.77. The molecule has 1 fully saturated rings. The Labute approximate surface area is 88.6 Å². The second-order valence-electron chi connectivity index (χ2n) is 5.56. The molecule has 0 aliphatic heterocycles. The largest absolute Gasteiger partial charge is 0.271 e. The molecule has 1 aliphatic rings. The van der Waals surface area contributed by atoms with E-state index in [2.05, 4.69) is 26.2 Å². The molecule has 0 aromatic heterocycles. The van der Waals surface area contributed by atoms with Crippen molar-refractivity contribution >= 4 is 0 Å². The maximum atomic E-state index is 5.61. The quantitative estimate of drug-likeness (QED) is 0.538. The lowest BCUT2D eigenvalue weighted by Gasteiger charge is -2.37. The molecule has 3 N–H and O–H groups in total. The van der Waals surface area contributed by atoms with Crippen LogP contribution < -0.4 is 11.3 Å². The summed E-state index contributed by atoms with van der Waals surface area (Å²) in [6.45, 7) is 7.00. The summed E-state index contributed by atoms with van der Waals surface area (Å²) < 4.78 is 0. The average molecular weight is 198 g/mol. The first kappa shape index (κ1) is 12.0. The van der Waals surface area contributed by atoms with Crippen molar-refractivity contribution in [2.24, 2.45) is 17.2 Å². The van der Waals surface area contributed by atoms with Gasteiger partial charge in [0, 0.05) is 6.04 Å². The van der Waals surface area contributed by atoms with Crippen LogP contribution in [-0.2, 0) is 0 Å². The normalized spacial score (nSPS) is 24.9. The molecule has 84 valence electrons. The van der Waals surface area contributed by atoms with Gasteiger partial charge in [-0.05, 0) is 43.4 Å². The maximum absolute atomic E-state index is 5.61. The second-order valence-corrected chi connectivity index (χ2v) is 5.56. The highest BCUT2D eigenvalue weighted by Gasteiger charge is 2.30. The van der Waals surface area contributed by atoms with Crippen LogP contribution in [0, 0.1) is 11.3 Å². The van der Waals surface area contributed by atoms with Crippen LogP contribution in [0.3, 0.4) is 0 Å². The minimum absolute atomic E-state index is 0.552. The molecular formula is C12H26N2. The van der Waals surface area contributed by atoms with Gasteiger partial charge in [-0.2, -0.15) is 0 Å². The average Bonchev–Trinajstić information content (AvgIpc) is 2.15. The van der Waals surface area contributed by atoms with Gasteiger partial charge in [-0.1, -0.05) is 27.2 Å². The molecular weight excluding hydrogens is 172 g/mol. The lowest BCUT2D eigenvalue weighted by Crippen LogP contribution is -2.42. The maximum Gasteiger partial charge on any atom is 0.0238 e. The van der Waals surface area contributed by atoms with Crippen LogP contribution in [0.15, 0.2) is 0 Å². The molecule has 0 radical (unpaired) electrons. The zero-order chi connectivity index (χ0) is 10.6. The Morgan fingerprint density at radius 2 is 1.93 bits per heavy atom. The summed E-state index contributed by atoms with van der Waals surface area (Å²) in [4.78, 5) is 0. The number of hydrogen-bond acceptors (Lipinski definition) is 2. The van der Waals surface area contributed by atoms with Gasteiger partial charge >= 0.3 is 0 Å². The molecule has 14 heavy (non-hydrogen) atoms. The smallest absolute Gasteiger partial charge is 0.0238 e. The van der Waals surface area contributed by atoms with Gasteiger partial charge in [-0.15, -0.1) is 0 Å². The Morgan fingerprint density at radius 1 is 1.36 bits per heavy atom. The highest BCUT2D eigenvalue weighted by Crippen LogP contribution is 2.39. The highest BCUT2D eigenvalue weighted by atomic mass is 15.2. The van der Waals surface area contributed by atoms with Crippen LogP contribution in [-0.4, -0.2) is 6.04 Å². The topological polar surface area (TPSA) is 38.0 Å². The fourth-order valence-corrected chi connectivity index (χ4v) is 2.59. The van der Waals surface area contributed by atoms with E-state index in [1.54, 1.807) is 0 Å². The number of nitrogens with one attached hydrogen (secondary N) is 1. The summed E-state index contributed by atoms with van der Waals surface area (Å²) in [7, 11) is 0. The predicted molar refractivity (Wildman–Crippen MR) is 61.8 cm³/mol. The lowest BCUT2D eigenvalue weighted by atomic mass is 9.70. The zero-order valence-electron chi connectivity index (χ0n) is 9.97. The Balaban J connectivity index is 2.39. The first-order valence-corrected chi connectivity index (χ1v) is 6.05. The van der Waals surface area contributed by atoms with Crippen molar-refractivity contribution in [1.29, 1.82) is 0 Å². The standard InChI is InChI=1S/C12H26N2/c1-4-5-11(14-13)10-6-8-12(2,3)9-7-10/h10-11,14H,4-9,13H2,1-3H3. The summed E-state index contributed by atoms with van der Waals surface area (Å²) in [6.07, 6.45) is 7.87. The Kier molecular flexibility index (Phi) is 4.39. The molecule has 0 saturated heterocycles. The van der Waals surface area contributed by atoms with E-state index in [-0.39, 0.29) is 0 Å². The van der Waals surface area contributed by atoms with Gasteiger partial charge in [0.05, 0.1) is 0 Å². The van der Waals surface area contributed by atoms with Crippen LogP contribution in [0.5, 0.6) is 0 Å². The van der Waals surface area contributed by atoms with Crippen molar-refractivity contribution in [1.82, 2.24) is 5.43 Å². The third-order valence-corrected chi connectivity index (χ3v) is 3.77. The van der Waals surface area contributed by atoms with E-state index in [1.807, 2.05) is 0 Å². The van der Waals surface area contributed by atoms with Crippen molar-refractivity contribution in [2.45, 2.75) is 65.3 Å². The van der Waals surface area contributed by atoms with Gasteiger partial charge in [0.2, 0.25) is 0 Å². The summed E-state index contributed by atoms with van der Waals surface area (Å²) >= 11 is 0. The monoisotopic (exact) mass is 198 g/mol. The van der Waals surface area contributed by atoms with E-state index >= 15 is 0 Å².